The largest absolute Gasteiger partial charge is 0.573 e. The van der Waals surface area contributed by atoms with Crippen molar-refractivity contribution in [3.8, 4) is 11.4 Å². The summed E-state index contributed by atoms with van der Waals surface area (Å²) in [5.41, 5.74) is 1.18. The van der Waals surface area contributed by atoms with Crippen LogP contribution in [0.4, 0.5) is 29.1 Å². The fourth-order valence-corrected chi connectivity index (χ4v) is 2.59. The van der Waals surface area contributed by atoms with Crippen LogP contribution in [0.15, 0.2) is 23.0 Å². The molecular weight excluding hydrogens is 396 g/mol. The van der Waals surface area contributed by atoms with Crippen molar-refractivity contribution < 1.29 is 36.8 Å². The van der Waals surface area contributed by atoms with E-state index in [-0.39, 0.29) is 4.57 Å². The van der Waals surface area contributed by atoms with E-state index >= 15 is 0 Å². The number of anilines is 1. The zero-order valence-corrected chi connectivity index (χ0v) is 13.2. The van der Waals surface area contributed by atoms with Gasteiger partial charge in [-0.05, 0) is 6.07 Å². The molecule has 0 saturated heterocycles. The van der Waals surface area contributed by atoms with Gasteiger partial charge in [0.1, 0.15) is 5.82 Å². The maximum Gasteiger partial charge on any atom is 0.573 e. The third-order valence-electron chi connectivity index (χ3n) is 3.66. The monoisotopic (exact) mass is 402 g/mol. The van der Waals surface area contributed by atoms with E-state index in [1.54, 1.807) is 0 Å². The molecule has 28 heavy (non-hydrogen) atoms. The Labute approximate surface area is 150 Å². The summed E-state index contributed by atoms with van der Waals surface area (Å²) >= 11 is 0. The Hall–Kier alpha value is -3.97. The molecule has 3 rings (SSSR count). The van der Waals surface area contributed by atoms with Gasteiger partial charge in [-0.15, -0.1) is 13.2 Å². The fourth-order valence-electron chi connectivity index (χ4n) is 2.59. The molecule has 1 aliphatic heterocycles. The molecule has 2 heterocycles. The third kappa shape index (κ3) is 2.89. The summed E-state index contributed by atoms with van der Waals surface area (Å²) < 4.78 is 56.2. The number of aromatic nitrogens is 1. The van der Waals surface area contributed by atoms with Crippen LogP contribution in [0.25, 0.3) is 5.69 Å². The molecule has 0 fully saturated rings. The molecule has 1 aromatic heterocycles. The van der Waals surface area contributed by atoms with E-state index < -0.39 is 68.5 Å². The SMILES string of the molecule is Nc1c2c(cc(=O)n1-c1ccc([N+](=O)[O-])c(F)c1OC(F)(F)F)C(=O)NC2=O. The van der Waals surface area contributed by atoms with Crippen LogP contribution in [0.3, 0.4) is 0 Å². The van der Waals surface area contributed by atoms with Gasteiger partial charge in [0.05, 0.1) is 21.7 Å². The number of alkyl halides is 3. The number of nitrogen functional groups attached to an aromatic ring is 1. The molecule has 0 bridgehead atoms. The van der Waals surface area contributed by atoms with Crippen molar-refractivity contribution >= 4 is 23.3 Å². The number of carbonyl (C=O) groups is 2. The quantitative estimate of drug-likeness (QED) is 0.340. The number of pyridine rings is 1. The molecular formula is C14H6F4N4O6. The van der Waals surface area contributed by atoms with E-state index in [0.29, 0.717) is 18.2 Å². The second-order valence-corrected chi connectivity index (χ2v) is 5.33. The van der Waals surface area contributed by atoms with Crippen LogP contribution in [-0.4, -0.2) is 27.7 Å². The number of carbonyl (C=O) groups excluding carboxylic acids is 2. The molecule has 146 valence electrons. The van der Waals surface area contributed by atoms with E-state index in [9.17, 15) is 42.1 Å². The topological polar surface area (TPSA) is 147 Å². The molecule has 1 aromatic carbocycles. The fraction of sp³-hybridized carbons (Fsp3) is 0.0714. The van der Waals surface area contributed by atoms with E-state index in [2.05, 4.69) is 4.74 Å². The molecule has 10 nitrogen and oxygen atoms in total. The molecule has 0 spiro atoms. The lowest BCUT2D eigenvalue weighted by atomic mass is 10.1. The summed E-state index contributed by atoms with van der Waals surface area (Å²) in [5.74, 6) is -6.51. The number of hydrogen-bond acceptors (Lipinski definition) is 7. The lowest BCUT2D eigenvalue weighted by molar-refractivity contribution is -0.387. The summed E-state index contributed by atoms with van der Waals surface area (Å²) in [5, 5.41) is 12.6. The minimum absolute atomic E-state index is 0.269. The Kier molecular flexibility index (Phi) is 4.06. The number of nitro groups is 1. The number of halogens is 4. The highest BCUT2D eigenvalue weighted by Crippen LogP contribution is 2.37. The van der Waals surface area contributed by atoms with Gasteiger partial charge in [-0.2, -0.15) is 4.39 Å². The number of hydrogen-bond donors (Lipinski definition) is 2. The smallest absolute Gasteiger partial charge is 0.400 e. The summed E-state index contributed by atoms with van der Waals surface area (Å²) in [7, 11) is 0. The van der Waals surface area contributed by atoms with Gasteiger partial charge in [0.15, 0.2) is 5.75 Å². The number of fused-ring (bicyclic) bond motifs is 1. The van der Waals surface area contributed by atoms with E-state index in [1.165, 1.54) is 0 Å². The van der Waals surface area contributed by atoms with E-state index in [0.717, 1.165) is 0 Å². The van der Waals surface area contributed by atoms with Crippen LogP contribution in [0.2, 0.25) is 0 Å². The molecule has 2 amide bonds. The number of nitro benzene ring substituents is 1. The molecule has 3 N–H and O–H groups in total. The Morgan fingerprint density at radius 3 is 2.39 bits per heavy atom. The van der Waals surface area contributed by atoms with Crippen LogP contribution >= 0.6 is 0 Å². The highest BCUT2D eigenvalue weighted by atomic mass is 19.4. The number of rotatable bonds is 3. The van der Waals surface area contributed by atoms with Crippen LogP contribution in [0.5, 0.6) is 5.75 Å². The van der Waals surface area contributed by atoms with Gasteiger partial charge in [0, 0.05) is 12.1 Å². The molecule has 2 aromatic rings. The van der Waals surface area contributed by atoms with Gasteiger partial charge in [-0.25, -0.2) is 0 Å². The Morgan fingerprint density at radius 2 is 1.82 bits per heavy atom. The number of amides is 2. The standard InChI is InChI=1S/C14H6F4N4O6/c15-9-5(22(26)27)1-2-6(10(9)28-14(16,17)18)21-7(23)3-4-8(11(21)19)13(25)20-12(4)24/h1-3H,19H2,(H,20,24,25). The van der Waals surface area contributed by atoms with Crippen molar-refractivity contribution in [2.45, 2.75) is 6.36 Å². The maximum absolute atomic E-state index is 14.3. The van der Waals surface area contributed by atoms with Gasteiger partial charge >= 0.3 is 12.0 Å². The molecule has 14 heteroatoms. The summed E-state index contributed by atoms with van der Waals surface area (Å²) in [4.78, 5) is 45.2. The highest BCUT2D eigenvalue weighted by molar-refractivity contribution is 6.23. The summed E-state index contributed by atoms with van der Waals surface area (Å²) in [6.07, 6.45) is -5.48. The minimum atomic E-state index is -5.48. The van der Waals surface area contributed by atoms with Crippen molar-refractivity contribution in [1.29, 1.82) is 0 Å². The van der Waals surface area contributed by atoms with Crippen LogP contribution < -0.4 is 21.3 Å². The first-order valence-corrected chi connectivity index (χ1v) is 7.06. The molecule has 1 aliphatic rings. The van der Waals surface area contributed by atoms with Crippen molar-refractivity contribution in [2.24, 2.45) is 0 Å². The third-order valence-corrected chi connectivity index (χ3v) is 3.66. The Balaban J connectivity index is 2.37. The first-order valence-electron chi connectivity index (χ1n) is 7.06. The van der Waals surface area contributed by atoms with Gasteiger partial charge < -0.3 is 10.5 Å². The summed E-state index contributed by atoms with van der Waals surface area (Å²) in [6.45, 7) is 0. The zero-order chi connectivity index (χ0) is 21.0. The molecule has 0 unspecified atom stereocenters. The second kappa shape index (κ2) is 6.04. The van der Waals surface area contributed by atoms with E-state index in [4.69, 9.17) is 5.73 Å². The van der Waals surface area contributed by atoms with Crippen molar-refractivity contribution in [3.05, 3.63) is 55.6 Å². The Morgan fingerprint density at radius 1 is 1.18 bits per heavy atom. The van der Waals surface area contributed by atoms with Crippen molar-refractivity contribution in [2.75, 3.05) is 5.73 Å². The Bertz CT molecular complexity index is 1120. The van der Waals surface area contributed by atoms with Crippen molar-refractivity contribution in [3.63, 3.8) is 0 Å². The molecule has 0 radical (unpaired) electrons. The van der Waals surface area contributed by atoms with Crippen molar-refractivity contribution in [1.82, 2.24) is 9.88 Å². The lowest BCUT2D eigenvalue weighted by Gasteiger charge is -2.17. The normalized spacial score (nSPS) is 13.3. The average Bonchev–Trinajstić information content (AvgIpc) is 2.83. The van der Waals surface area contributed by atoms with Gasteiger partial charge in [-0.1, -0.05) is 0 Å². The average molecular weight is 402 g/mol. The summed E-state index contributed by atoms with van der Waals surface area (Å²) in [6, 6.07) is 1.67. The minimum Gasteiger partial charge on any atom is -0.400 e. The molecule has 0 atom stereocenters. The van der Waals surface area contributed by atoms with Crippen LogP contribution in [0.1, 0.15) is 20.7 Å². The number of imide groups is 1. The van der Waals surface area contributed by atoms with Crippen LogP contribution in [-0.2, 0) is 0 Å². The van der Waals surface area contributed by atoms with Gasteiger partial charge in [-0.3, -0.25) is 34.4 Å². The maximum atomic E-state index is 14.3. The van der Waals surface area contributed by atoms with Gasteiger partial charge in [0.25, 0.3) is 17.4 Å². The predicted molar refractivity (Wildman–Crippen MR) is 81.5 cm³/mol. The van der Waals surface area contributed by atoms with Crippen LogP contribution in [0, 0.1) is 15.9 Å². The number of ether oxygens (including phenoxy) is 1. The molecule has 0 saturated carbocycles. The molecule has 0 aliphatic carbocycles. The predicted octanol–water partition coefficient (Wildman–Crippen LogP) is 1.25. The number of nitrogens with two attached hydrogens (primary N) is 1. The first kappa shape index (κ1) is 18.8. The lowest BCUT2D eigenvalue weighted by Crippen LogP contribution is -2.26. The number of nitrogens with one attached hydrogen (secondary N) is 1. The zero-order valence-electron chi connectivity index (χ0n) is 13.2. The number of benzene rings is 1. The van der Waals surface area contributed by atoms with Gasteiger partial charge in [0.2, 0.25) is 5.82 Å². The van der Waals surface area contributed by atoms with E-state index in [1.807, 2.05) is 5.32 Å². The highest BCUT2D eigenvalue weighted by Gasteiger charge is 2.38. The number of nitrogens with zero attached hydrogens (tertiary/aromatic N) is 2. The first-order chi connectivity index (χ1) is 12.9. The second-order valence-electron chi connectivity index (χ2n) is 5.33.